The molecule has 1 aromatic carbocycles. The Labute approximate surface area is 90.9 Å². The number of nitrogens with zero attached hydrogens (tertiary/aromatic N) is 1. The van der Waals surface area contributed by atoms with Crippen molar-refractivity contribution in [1.82, 2.24) is 0 Å². The topological polar surface area (TPSA) is 35.8 Å². The second-order valence-electron chi connectivity index (χ2n) is 4.34. The summed E-state index contributed by atoms with van der Waals surface area (Å²) in [6.45, 7) is 3.06. The van der Waals surface area contributed by atoms with E-state index >= 15 is 0 Å². The van der Waals surface area contributed by atoms with E-state index < -0.39 is 0 Å². The van der Waals surface area contributed by atoms with Gasteiger partial charge in [0.25, 0.3) is 0 Å². The number of rotatable bonds is 3. The van der Waals surface area contributed by atoms with Gasteiger partial charge in [-0.1, -0.05) is 12.5 Å². The summed E-state index contributed by atoms with van der Waals surface area (Å²) >= 11 is 0. The molecule has 0 atom stereocenters. The highest BCUT2D eigenvalue weighted by Crippen LogP contribution is 2.27. The summed E-state index contributed by atoms with van der Waals surface area (Å²) < 4.78 is 0. The highest BCUT2D eigenvalue weighted by Gasteiger charge is 2.17. The van der Waals surface area contributed by atoms with Gasteiger partial charge in [-0.2, -0.15) is 5.26 Å². The van der Waals surface area contributed by atoms with Crippen LogP contribution in [0.4, 0.5) is 5.69 Å². The van der Waals surface area contributed by atoms with Crippen LogP contribution in [0.25, 0.3) is 0 Å². The molecule has 15 heavy (non-hydrogen) atoms. The third-order valence-electron chi connectivity index (χ3n) is 3.10. The lowest BCUT2D eigenvalue weighted by molar-refractivity contribution is 0.333. The van der Waals surface area contributed by atoms with Crippen molar-refractivity contribution in [3.8, 4) is 6.07 Å². The van der Waals surface area contributed by atoms with Crippen molar-refractivity contribution in [1.29, 1.82) is 5.26 Å². The van der Waals surface area contributed by atoms with Crippen LogP contribution in [0.15, 0.2) is 18.2 Å². The van der Waals surface area contributed by atoms with Crippen molar-refractivity contribution in [3.05, 3.63) is 29.3 Å². The van der Waals surface area contributed by atoms with E-state index in [1.165, 1.54) is 24.8 Å². The third-order valence-corrected chi connectivity index (χ3v) is 3.10. The van der Waals surface area contributed by atoms with Gasteiger partial charge in [0.2, 0.25) is 0 Å². The Balaban J connectivity index is 2.05. The van der Waals surface area contributed by atoms with E-state index in [9.17, 15) is 0 Å². The van der Waals surface area contributed by atoms with Crippen LogP contribution in [-0.4, -0.2) is 6.54 Å². The molecule has 2 heteroatoms. The predicted molar refractivity (Wildman–Crippen MR) is 61.7 cm³/mol. The summed E-state index contributed by atoms with van der Waals surface area (Å²) in [7, 11) is 0. The molecule has 0 heterocycles. The summed E-state index contributed by atoms with van der Waals surface area (Å²) in [5, 5.41) is 12.3. The molecule has 0 radical (unpaired) electrons. The highest BCUT2D eigenvalue weighted by molar-refractivity contribution is 5.58. The Morgan fingerprint density at radius 2 is 2.27 bits per heavy atom. The van der Waals surface area contributed by atoms with Gasteiger partial charge < -0.3 is 5.32 Å². The normalized spacial score (nSPS) is 15.5. The quantitative estimate of drug-likeness (QED) is 0.813. The average molecular weight is 200 g/mol. The van der Waals surface area contributed by atoms with Gasteiger partial charge in [-0.05, 0) is 43.4 Å². The fourth-order valence-electron chi connectivity index (χ4n) is 1.85. The molecule has 1 aliphatic rings. The Bertz CT molecular complexity index is 386. The molecule has 78 valence electrons. The molecule has 0 bridgehead atoms. The summed E-state index contributed by atoms with van der Waals surface area (Å²) in [5.74, 6) is 0.817. The second-order valence-corrected chi connectivity index (χ2v) is 4.34. The van der Waals surface area contributed by atoms with Gasteiger partial charge in [0.15, 0.2) is 0 Å². The van der Waals surface area contributed by atoms with Gasteiger partial charge in [0.1, 0.15) is 6.07 Å². The summed E-state index contributed by atoms with van der Waals surface area (Å²) in [6.07, 6.45) is 4.03. The molecule has 2 rings (SSSR count). The molecule has 0 aliphatic heterocycles. The SMILES string of the molecule is Cc1ccc(C#N)c(NCC2CCC2)c1. The molecule has 1 fully saturated rings. The first-order valence-electron chi connectivity index (χ1n) is 5.54. The van der Waals surface area contributed by atoms with E-state index in [1.54, 1.807) is 0 Å². The van der Waals surface area contributed by atoms with Crippen molar-refractivity contribution >= 4 is 5.69 Å². The minimum Gasteiger partial charge on any atom is -0.384 e. The van der Waals surface area contributed by atoms with Crippen molar-refractivity contribution in [2.24, 2.45) is 5.92 Å². The van der Waals surface area contributed by atoms with E-state index in [-0.39, 0.29) is 0 Å². The minimum absolute atomic E-state index is 0.750. The molecule has 0 aromatic heterocycles. The fourth-order valence-corrected chi connectivity index (χ4v) is 1.85. The van der Waals surface area contributed by atoms with Crippen LogP contribution in [0, 0.1) is 24.2 Å². The van der Waals surface area contributed by atoms with Gasteiger partial charge in [-0.3, -0.25) is 0 Å². The number of hydrogen-bond acceptors (Lipinski definition) is 2. The number of nitriles is 1. The van der Waals surface area contributed by atoms with Crippen LogP contribution >= 0.6 is 0 Å². The first-order chi connectivity index (χ1) is 7.29. The van der Waals surface area contributed by atoms with Crippen molar-refractivity contribution < 1.29 is 0 Å². The van der Waals surface area contributed by atoms with Crippen LogP contribution in [0.2, 0.25) is 0 Å². The third kappa shape index (κ3) is 2.30. The molecule has 0 unspecified atom stereocenters. The number of nitrogens with one attached hydrogen (secondary N) is 1. The van der Waals surface area contributed by atoms with E-state index in [4.69, 9.17) is 5.26 Å². The zero-order valence-corrected chi connectivity index (χ0v) is 9.09. The Morgan fingerprint density at radius 3 is 2.87 bits per heavy atom. The predicted octanol–water partition coefficient (Wildman–Crippen LogP) is 3.08. The largest absolute Gasteiger partial charge is 0.384 e. The minimum atomic E-state index is 0.750. The zero-order chi connectivity index (χ0) is 10.7. The lowest BCUT2D eigenvalue weighted by Gasteiger charge is -2.26. The van der Waals surface area contributed by atoms with E-state index in [2.05, 4.69) is 24.4 Å². The zero-order valence-electron chi connectivity index (χ0n) is 9.09. The van der Waals surface area contributed by atoms with E-state index in [0.29, 0.717) is 0 Å². The first kappa shape index (κ1) is 10.0. The van der Waals surface area contributed by atoms with Crippen molar-refractivity contribution in [2.45, 2.75) is 26.2 Å². The molecule has 1 N–H and O–H groups in total. The van der Waals surface area contributed by atoms with Gasteiger partial charge in [-0.25, -0.2) is 0 Å². The summed E-state index contributed by atoms with van der Waals surface area (Å²) in [6, 6.07) is 8.14. The van der Waals surface area contributed by atoms with Crippen LogP contribution in [0.5, 0.6) is 0 Å². The molecule has 1 aromatic rings. The number of aryl methyl sites for hydroxylation is 1. The maximum absolute atomic E-state index is 8.96. The van der Waals surface area contributed by atoms with E-state index in [1.807, 2.05) is 12.1 Å². The summed E-state index contributed by atoms with van der Waals surface area (Å²) in [5.41, 5.74) is 2.94. The lowest BCUT2D eigenvalue weighted by Crippen LogP contribution is -2.21. The van der Waals surface area contributed by atoms with Crippen LogP contribution in [0.3, 0.4) is 0 Å². The Morgan fingerprint density at radius 1 is 1.47 bits per heavy atom. The van der Waals surface area contributed by atoms with E-state index in [0.717, 1.165) is 23.7 Å². The molecule has 2 nitrogen and oxygen atoms in total. The molecule has 0 saturated heterocycles. The van der Waals surface area contributed by atoms with Gasteiger partial charge >= 0.3 is 0 Å². The molecule has 0 amide bonds. The first-order valence-corrected chi connectivity index (χ1v) is 5.54. The van der Waals surface area contributed by atoms with Crippen molar-refractivity contribution in [2.75, 3.05) is 11.9 Å². The monoisotopic (exact) mass is 200 g/mol. The molecular formula is C13H16N2. The Hall–Kier alpha value is -1.49. The van der Waals surface area contributed by atoms with Crippen molar-refractivity contribution in [3.63, 3.8) is 0 Å². The number of hydrogen-bond donors (Lipinski definition) is 1. The highest BCUT2D eigenvalue weighted by atomic mass is 14.9. The fraction of sp³-hybridized carbons (Fsp3) is 0.462. The molecule has 1 aliphatic carbocycles. The lowest BCUT2D eigenvalue weighted by atomic mass is 9.85. The van der Waals surface area contributed by atoms with Gasteiger partial charge in [0.05, 0.1) is 11.3 Å². The number of benzene rings is 1. The van der Waals surface area contributed by atoms with Crippen LogP contribution in [0.1, 0.15) is 30.4 Å². The van der Waals surface area contributed by atoms with Gasteiger partial charge in [0, 0.05) is 6.54 Å². The maximum atomic E-state index is 8.96. The Kier molecular flexibility index (Phi) is 2.91. The molecule has 1 saturated carbocycles. The second kappa shape index (κ2) is 4.35. The maximum Gasteiger partial charge on any atom is 0.101 e. The smallest absolute Gasteiger partial charge is 0.101 e. The molecule has 0 spiro atoms. The number of anilines is 1. The standard InChI is InChI=1S/C13H16N2/c1-10-5-6-12(8-14)13(7-10)15-9-11-3-2-4-11/h5-7,11,15H,2-4,9H2,1H3. The molecular weight excluding hydrogens is 184 g/mol. The van der Waals surface area contributed by atoms with Gasteiger partial charge in [-0.15, -0.1) is 0 Å². The van der Waals surface area contributed by atoms with Crippen LogP contribution in [-0.2, 0) is 0 Å². The van der Waals surface area contributed by atoms with Crippen LogP contribution < -0.4 is 5.32 Å². The summed E-state index contributed by atoms with van der Waals surface area (Å²) in [4.78, 5) is 0. The average Bonchev–Trinajstić information content (AvgIpc) is 2.16.